The summed E-state index contributed by atoms with van der Waals surface area (Å²) in [5.74, 6) is 0.845. The van der Waals surface area contributed by atoms with Gasteiger partial charge >= 0.3 is 0 Å². The van der Waals surface area contributed by atoms with E-state index in [-0.39, 0.29) is 5.91 Å². The first-order chi connectivity index (χ1) is 16.3. The quantitative estimate of drug-likeness (QED) is 0.458. The summed E-state index contributed by atoms with van der Waals surface area (Å²) in [6, 6.07) is 17.4. The Morgan fingerprint density at radius 1 is 0.909 bits per heavy atom. The molecule has 0 radical (unpaired) electrons. The Hall–Kier alpha value is -3.84. The highest BCUT2D eigenvalue weighted by Crippen LogP contribution is 2.28. The summed E-state index contributed by atoms with van der Waals surface area (Å²) in [4.78, 5) is 30.6. The van der Waals surface area contributed by atoms with Crippen LogP contribution in [0.5, 0.6) is 5.75 Å². The summed E-state index contributed by atoms with van der Waals surface area (Å²) < 4.78 is 5.81. The third-order valence-corrected chi connectivity index (χ3v) is 5.90. The number of pyridine rings is 3. The lowest BCUT2D eigenvalue weighted by Gasteiger charge is -2.34. The van der Waals surface area contributed by atoms with Crippen LogP contribution in [0.15, 0.2) is 79.4 Å². The van der Waals surface area contributed by atoms with E-state index >= 15 is 0 Å². The van der Waals surface area contributed by atoms with Crippen LogP contribution in [0.1, 0.15) is 10.5 Å². The molecule has 1 fully saturated rings. The molecular formula is C26H25N5O2. The average molecular weight is 440 g/mol. The number of hydrogen-bond acceptors (Lipinski definition) is 6. The van der Waals surface area contributed by atoms with Crippen LogP contribution in [-0.4, -0.2) is 70.0 Å². The molecule has 0 unspecified atom stereocenters. The Labute approximate surface area is 192 Å². The number of rotatable bonds is 6. The van der Waals surface area contributed by atoms with Gasteiger partial charge in [-0.15, -0.1) is 0 Å². The van der Waals surface area contributed by atoms with E-state index in [9.17, 15) is 4.79 Å². The van der Waals surface area contributed by atoms with Crippen LogP contribution in [0.25, 0.3) is 22.0 Å². The van der Waals surface area contributed by atoms with Gasteiger partial charge in [-0.05, 0) is 47.5 Å². The van der Waals surface area contributed by atoms with Crippen LogP contribution in [-0.2, 0) is 0 Å². The van der Waals surface area contributed by atoms with Crippen molar-refractivity contribution in [3.8, 4) is 16.9 Å². The lowest BCUT2D eigenvalue weighted by Crippen LogP contribution is -2.49. The lowest BCUT2D eigenvalue weighted by atomic mass is 10.0. The second-order valence-corrected chi connectivity index (χ2v) is 7.98. The minimum atomic E-state index is -0.0378. The molecule has 5 rings (SSSR count). The van der Waals surface area contributed by atoms with E-state index in [1.54, 1.807) is 24.8 Å². The predicted octanol–water partition coefficient (Wildman–Crippen LogP) is 3.53. The largest absolute Gasteiger partial charge is 0.492 e. The van der Waals surface area contributed by atoms with Crippen LogP contribution in [0.4, 0.5) is 0 Å². The Morgan fingerprint density at radius 2 is 1.67 bits per heavy atom. The summed E-state index contributed by atoms with van der Waals surface area (Å²) in [5, 5.41) is 0.920. The smallest absolute Gasteiger partial charge is 0.272 e. The zero-order valence-electron chi connectivity index (χ0n) is 18.3. The third-order valence-electron chi connectivity index (χ3n) is 5.90. The number of carbonyl (C=O) groups is 1. The summed E-state index contributed by atoms with van der Waals surface area (Å²) in [6.07, 6.45) is 7.00. The Bertz CT molecular complexity index is 1230. The maximum absolute atomic E-state index is 13.3. The molecule has 1 aliphatic heterocycles. The summed E-state index contributed by atoms with van der Waals surface area (Å²) in [6.45, 7) is 4.45. The maximum Gasteiger partial charge on any atom is 0.272 e. The van der Waals surface area contributed by atoms with Crippen molar-refractivity contribution in [3.63, 3.8) is 0 Å². The molecule has 1 aromatic carbocycles. The van der Waals surface area contributed by atoms with Crippen molar-refractivity contribution >= 4 is 16.8 Å². The van der Waals surface area contributed by atoms with E-state index in [2.05, 4.69) is 19.9 Å². The van der Waals surface area contributed by atoms with E-state index in [0.29, 0.717) is 25.4 Å². The monoisotopic (exact) mass is 439 g/mol. The molecule has 0 bridgehead atoms. The Kier molecular flexibility index (Phi) is 6.21. The molecule has 33 heavy (non-hydrogen) atoms. The first-order valence-corrected chi connectivity index (χ1v) is 11.1. The van der Waals surface area contributed by atoms with Crippen molar-refractivity contribution in [1.29, 1.82) is 0 Å². The number of amides is 1. The van der Waals surface area contributed by atoms with Crippen LogP contribution in [0.3, 0.4) is 0 Å². The summed E-state index contributed by atoms with van der Waals surface area (Å²) in [5.41, 5.74) is 3.15. The van der Waals surface area contributed by atoms with Gasteiger partial charge in [0.25, 0.3) is 5.91 Å². The standard InChI is InChI=1S/C26H25N5O2/c32-26(31-14-12-30(13-15-31)16-17-33-21-4-2-1-3-5-21)25-18-22(20-6-9-27-10-7-20)23-19-28-11-8-24(23)29-25/h1-11,18-19H,12-17H2. The second kappa shape index (κ2) is 9.75. The van der Waals surface area contributed by atoms with Crippen molar-refractivity contribution in [3.05, 3.63) is 85.1 Å². The van der Waals surface area contributed by atoms with Crippen LogP contribution < -0.4 is 4.74 Å². The fourth-order valence-electron chi connectivity index (χ4n) is 4.09. The second-order valence-electron chi connectivity index (χ2n) is 7.98. The highest BCUT2D eigenvalue weighted by Gasteiger charge is 2.24. The minimum Gasteiger partial charge on any atom is -0.492 e. The molecule has 4 aromatic rings. The molecule has 1 amide bonds. The topological polar surface area (TPSA) is 71.5 Å². The van der Waals surface area contributed by atoms with Gasteiger partial charge in [0.05, 0.1) is 5.52 Å². The molecule has 7 nitrogen and oxygen atoms in total. The van der Waals surface area contributed by atoms with Gasteiger partial charge in [0.1, 0.15) is 18.1 Å². The van der Waals surface area contributed by atoms with Crippen molar-refractivity contribution in [2.45, 2.75) is 0 Å². The van der Waals surface area contributed by atoms with Crippen LogP contribution >= 0.6 is 0 Å². The molecule has 0 aliphatic carbocycles. The fourth-order valence-corrected chi connectivity index (χ4v) is 4.09. The van der Waals surface area contributed by atoms with Crippen LogP contribution in [0, 0.1) is 0 Å². The summed E-state index contributed by atoms with van der Waals surface area (Å²) in [7, 11) is 0. The van der Waals surface area contributed by atoms with Gasteiger partial charge in [-0.1, -0.05) is 18.2 Å². The number of aromatic nitrogens is 3. The fraction of sp³-hybridized carbons (Fsp3) is 0.231. The van der Waals surface area contributed by atoms with E-state index in [1.165, 1.54) is 0 Å². The molecular weight excluding hydrogens is 414 g/mol. The lowest BCUT2D eigenvalue weighted by molar-refractivity contribution is 0.0615. The maximum atomic E-state index is 13.3. The number of fused-ring (bicyclic) bond motifs is 1. The first kappa shape index (κ1) is 21.0. The van der Waals surface area contributed by atoms with Crippen LogP contribution in [0.2, 0.25) is 0 Å². The number of carbonyl (C=O) groups excluding carboxylic acids is 1. The van der Waals surface area contributed by atoms with Crippen molar-refractivity contribution in [1.82, 2.24) is 24.8 Å². The zero-order valence-corrected chi connectivity index (χ0v) is 18.3. The third kappa shape index (κ3) is 4.83. The molecule has 166 valence electrons. The molecule has 0 spiro atoms. The van der Waals surface area contributed by atoms with E-state index in [4.69, 9.17) is 4.74 Å². The van der Waals surface area contributed by atoms with Gasteiger partial charge in [-0.2, -0.15) is 0 Å². The highest BCUT2D eigenvalue weighted by molar-refractivity contribution is 6.01. The Balaban J connectivity index is 1.26. The molecule has 3 aromatic heterocycles. The Morgan fingerprint density at radius 3 is 2.45 bits per heavy atom. The molecule has 1 saturated heterocycles. The predicted molar refractivity (Wildman–Crippen MR) is 127 cm³/mol. The van der Waals surface area contributed by atoms with Gasteiger partial charge in [-0.3, -0.25) is 19.7 Å². The average Bonchev–Trinajstić information content (AvgIpc) is 2.89. The van der Waals surface area contributed by atoms with E-state index < -0.39 is 0 Å². The molecule has 0 atom stereocenters. The van der Waals surface area contributed by atoms with Crippen molar-refractivity contribution in [2.24, 2.45) is 0 Å². The molecule has 4 heterocycles. The van der Waals surface area contributed by atoms with Gasteiger partial charge in [0.2, 0.25) is 0 Å². The van der Waals surface area contributed by atoms with Gasteiger partial charge in [0.15, 0.2) is 0 Å². The normalized spacial score (nSPS) is 14.4. The molecule has 1 aliphatic rings. The number of ether oxygens (including phenoxy) is 1. The van der Waals surface area contributed by atoms with Gasteiger partial charge in [-0.25, -0.2) is 4.98 Å². The first-order valence-electron chi connectivity index (χ1n) is 11.1. The molecule has 7 heteroatoms. The number of para-hydroxylation sites is 1. The number of piperazine rings is 1. The van der Waals surface area contributed by atoms with E-state index in [0.717, 1.165) is 47.4 Å². The molecule has 0 saturated carbocycles. The highest BCUT2D eigenvalue weighted by atomic mass is 16.5. The summed E-state index contributed by atoms with van der Waals surface area (Å²) >= 11 is 0. The number of benzene rings is 1. The number of nitrogens with zero attached hydrogens (tertiary/aromatic N) is 5. The van der Waals surface area contributed by atoms with E-state index in [1.807, 2.05) is 59.5 Å². The zero-order chi connectivity index (χ0) is 22.5. The van der Waals surface area contributed by atoms with Crippen molar-refractivity contribution in [2.75, 3.05) is 39.3 Å². The van der Waals surface area contributed by atoms with Gasteiger partial charge < -0.3 is 9.64 Å². The SMILES string of the molecule is O=C(c1cc(-c2ccncc2)c2cnccc2n1)N1CCN(CCOc2ccccc2)CC1. The van der Waals surface area contributed by atoms with Crippen molar-refractivity contribution < 1.29 is 9.53 Å². The number of hydrogen-bond donors (Lipinski definition) is 0. The molecule has 0 N–H and O–H groups in total. The minimum absolute atomic E-state index is 0.0378. The van der Waals surface area contributed by atoms with Gasteiger partial charge in [0, 0.05) is 62.9 Å².